The van der Waals surface area contributed by atoms with Crippen molar-refractivity contribution in [2.24, 2.45) is 0 Å². The number of nitriles is 1. The van der Waals surface area contributed by atoms with Crippen molar-refractivity contribution in [3.63, 3.8) is 0 Å². The van der Waals surface area contributed by atoms with Crippen LogP contribution >= 0.6 is 0 Å². The lowest BCUT2D eigenvalue weighted by Gasteiger charge is -2.44. The van der Waals surface area contributed by atoms with Crippen molar-refractivity contribution in [2.75, 3.05) is 6.61 Å². The Balaban J connectivity index is 0.000000355. The van der Waals surface area contributed by atoms with Crippen LogP contribution < -0.4 is 31.2 Å². The average molecular weight is 905 g/mol. The third-order valence-electron chi connectivity index (χ3n) is 8.99. The first kappa shape index (κ1) is 46.2. The summed E-state index contributed by atoms with van der Waals surface area (Å²) in [6, 6.07) is 12.0. The number of aromatic nitrogens is 2. The van der Waals surface area contributed by atoms with E-state index in [0.717, 1.165) is 0 Å². The second kappa shape index (κ2) is 17.6. The van der Waals surface area contributed by atoms with E-state index in [1.807, 2.05) is 47.2 Å². The highest BCUT2D eigenvalue weighted by Gasteiger charge is 2.52. The zero-order chi connectivity index (χ0) is 46.3. The topological polar surface area (TPSA) is 49.8 Å². The van der Waals surface area contributed by atoms with Crippen LogP contribution in [0.15, 0.2) is 48.9 Å². The minimum absolute atomic E-state index is 0.0283. The van der Waals surface area contributed by atoms with Crippen LogP contribution in [0.5, 0.6) is 5.88 Å². The van der Waals surface area contributed by atoms with E-state index in [4.69, 9.17) is 10.00 Å². The molecule has 0 aliphatic heterocycles. The van der Waals surface area contributed by atoms with Crippen LogP contribution in [0.1, 0.15) is 5.56 Å². The van der Waals surface area contributed by atoms with Gasteiger partial charge in [-0.2, -0.15) is 9.83 Å². The Hall–Kier alpha value is -6.87. The predicted octanol–water partition coefficient (Wildman–Crippen LogP) is 7.17. The van der Waals surface area contributed by atoms with Gasteiger partial charge in [-0.1, -0.05) is 30.3 Å². The maximum atomic E-state index is 15.4. The molecule has 5 aromatic carbocycles. The zero-order valence-corrected chi connectivity index (χ0v) is 29.4. The van der Waals surface area contributed by atoms with Gasteiger partial charge in [0.1, 0.15) is 64.9 Å². The highest BCUT2D eigenvalue weighted by molar-refractivity contribution is 7.20. The zero-order valence-electron chi connectivity index (χ0n) is 29.4. The van der Waals surface area contributed by atoms with Crippen LogP contribution in [0.25, 0.3) is 0 Å². The molecular formula is C37H12BF20N3O. The summed E-state index contributed by atoms with van der Waals surface area (Å²) in [5.41, 5.74) is -13.2. The molecule has 0 spiro atoms. The van der Waals surface area contributed by atoms with Gasteiger partial charge in [0.2, 0.25) is 0 Å². The van der Waals surface area contributed by atoms with Gasteiger partial charge in [-0.05, 0) is 0 Å². The molecule has 0 radical (unpaired) electrons. The van der Waals surface area contributed by atoms with E-state index in [1.165, 1.54) is 5.56 Å². The number of rotatable bonds is 8. The molecule has 1 heterocycles. The summed E-state index contributed by atoms with van der Waals surface area (Å²) in [5.74, 6) is -70.8. The Morgan fingerprint density at radius 3 is 1.03 bits per heavy atom. The molecule has 1 aromatic heterocycles. The van der Waals surface area contributed by atoms with Crippen molar-refractivity contribution in [1.29, 1.82) is 5.26 Å². The summed E-state index contributed by atoms with van der Waals surface area (Å²) < 4.78 is 301. The quantitative estimate of drug-likeness (QED) is 0.0536. The van der Waals surface area contributed by atoms with Gasteiger partial charge in [0, 0.05) is 5.56 Å². The first-order chi connectivity index (χ1) is 29.1. The Morgan fingerprint density at radius 2 is 0.742 bits per heavy atom. The highest BCUT2D eigenvalue weighted by atomic mass is 19.2. The summed E-state index contributed by atoms with van der Waals surface area (Å²) in [4.78, 5) is 3.98. The van der Waals surface area contributed by atoms with Gasteiger partial charge in [-0.25, -0.2) is 92.8 Å². The summed E-state index contributed by atoms with van der Waals surface area (Å²) in [6.45, 7) is 0.727. The van der Waals surface area contributed by atoms with Crippen LogP contribution in [0.2, 0.25) is 0 Å². The molecule has 6 aromatic rings. The van der Waals surface area contributed by atoms with Gasteiger partial charge in [-0.15, -0.1) is 21.9 Å². The van der Waals surface area contributed by atoms with E-state index in [2.05, 4.69) is 4.98 Å². The number of hydrogen-bond donors (Lipinski definition) is 0. The second-order valence-corrected chi connectivity index (χ2v) is 12.3. The Bertz CT molecular complexity index is 2420. The van der Waals surface area contributed by atoms with Crippen molar-refractivity contribution >= 4 is 28.0 Å². The maximum absolute atomic E-state index is 15.4. The molecular weight excluding hydrogens is 893 g/mol. The van der Waals surface area contributed by atoms with E-state index in [0.29, 0.717) is 12.4 Å². The summed E-state index contributed by atoms with van der Waals surface area (Å²) in [5, 5.41) is 8.50. The van der Waals surface area contributed by atoms with Crippen LogP contribution in [-0.2, 0) is 6.54 Å². The molecule has 0 amide bonds. The lowest BCUT2D eigenvalue weighted by molar-refractivity contribution is -0.693. The van der Waals surface area contributed by atoms with Crippen LogP contribution in [0, 0.1) is 128 Å². The fraction of sp³-hybridized carbons (Fsp3) is 0.0541. The lowest BCUT2D eigenvalue weighted by Crippen LogP contribution is -2.81. The van der Waals surface area contributed by atoms with E-state index < -0.39 is 144 Å². The molecule has 0 N–H and O–H groups in total. The van der Waals surface area contributed by atoms with Gasteiger partial charge >= 0.3 is 5.88 Å². The van der Waals surface area contributed by atoms with E-state index in [9.17, 15) is 52.7 Å². The SMILES string of the molecule is Fc1c(F)c(F)c([B-](c2c(F)c(F)c(F)c(F)c2F)(c2c(F)c(F)c(F)c(F)c2F)c2c(F)c(F)c(F)c(F)c2F)c(F)c1F.N#CCOc1cncc[n+]1Cc1ccccc1. The number of ether oxygens (including phenoxy) is 1. The Morgan fingerprint density at radius 1 is 0.452 bits per heavy atom. The molecule has 0 aliphatic rings. The van der Waals surface area contributed by atoms with Crippen molar-refractivity contribution in [3.8, 4) is 11.9 Å². The minimum Gasteiger partial charge on any atom is -0.428 e. The van der Waals surface area contributed by atoms with Gasteiger partial charge in [0.25, 0.3) is 0 Å². The standard InChI is InChI=1S/C24BF20.C13H12N3O/c26-5-1(6(27)14(35)21(42)13(5)34)25(2-7(28)15(36)22(43)16(37)8(2)29,3-9(30)17(38)23(44)18(39)10(3)31)4-11(32)19(40)24(45)20(41)12(4)33;14-6-9-17-13-10-15-7-8-16(13)11-12-4-2-1-3-5-12/h;1-5,7-8,10H,9,11H2/q-1;+1. The molecule has 4 nitrogen and oxygen atoms in total. The Kier molecular flexibility index (Phi) is 13.1. The van der Waals surface area contributed by atoms with Gasteiger partial charge in [0.05, 0.1) is 6.20 Å². The van der Waals surface area contributed by atoms with Gasteiger partial charge in [-0.3, -0.25) is 0 Å². The molecule has 0 bridgehead atoms. The predicted molar refractivity (Wildman–Crippen MR) is 170 cm³/mol. The van der Waals surface area contributed by atoms with E-state index in [1.54, 1.807) is 12.4 Å². The number of hydrogen-bond acceptors (Lipinski definition) is 3. The molecule has 62 heavy (non-hydrogen) atoms. The van der Waals surface area contributed by atoms with E-state index >= 15 is 35.1 Å². The van der Waals surface area contributed by atoms with Crippen LogP contribution in [0.3, 0.4) is 0 Å². The molecule has 0 unspecified atom stereocenters. The first-order valence-corrected chi connectivity index (χ1v) is 16.2. The average Bonchev–Trinajstić information content (AvgIpc) is 3.26. The number of halogens is 20. The second-order valence-electron chi connectivity index (χ2n) is 12.3. The molecule has 0 atom stereocenters. The largest absolute Gasteiger partial charge is 0.428 e. The third kappa shape index (κ3) is 7.35. The minimum atomic E-state index is -7.22. The summed E-state index contributed by atoms with van der Waals surface area (Å²) in [6.07, 6.45) is -2.08. The molecule has 0 fully saturated rings. The fourth-order valence-electron chi connectivity index (χ4n) is 6.38. The van der Waals surface area contributed by atoms with E-state index in [-0.39, 0.29) is 6.61 Å². The smallest absolute Gasteiger partial charge is 0.388 e. The van der Waals surface area contributed by atoms with Crippen LogP contribution in [-0.4, -0.2) is 17.7 Å². The molecule has 6 rings (SSSR count). The lowest BCUT2D eigenvalue weighted by atomic mass is 9.12. The van der Waals surface area contributed by atoms with Crippen molar-refractivity contribution < 1.29 is 97.1 Å². The molecule has 0 saturated carbocycles. The van der Waals surface area contributed by atoms with Crippen molar-refractivity contribution in [1.82, 2.24) is 4.98 Å². The molecule has 25 heteroatoms. The number of nitrogens with zero attached hydrogens (tertiary/aromatic N) is 3. The Labute approximate surface area is 331 Å². The fourth-order valence-corrected chi connectivity index (χ4v) is 6.38. The molecule has 324 valence electrons. The summed E-state index contributed by atoms with van der Waals surface area (Å²) in [7, 11) is 0. The number of benzene rings is 5. The van der Waals surface area contributed by atoms with Gasteiger partial charge < -0.3 is 4.74 Å². The third-order valence-corrected chi connectivity index (χ3v) is 8.99. The molecule has 0 saturated heterocycles. The van der Waals surface area contributed by atoms with Crippen molar-refractivity contribution in [3.05, 3.63) is 171 Å². The normalized spacial score (nSPS) is 11.3. The molecule has 0 aliphatic carbocycles. The maximum Gasteiger partial charge on any atom is 0.388 e. The summed E-state index contributed by atoms with van der Waals surface area (Å²) >= 11 is 0. The monoisotopic (exact) mass is 905 g/mol. The van der Waals surface area contributed by atoms with Crippen molar-refractivity contribution in [2.45, 2.75) is 6.54 Å². The highest BCUT2D eigenvalue weighted by Crippen LogP contribution is 2.30. The van der Waals surface area contributed by atoms with Crippen LogP contribution in [0.4, 0.5) is 87.8 Å². The van der Waals surface area contributed by atoms with Gasteiger partial charge in [0.15, 0.2) is 89.2 Å². The first-order valence-electron chi connectivity index (χ1n) is 16.2.